The Labute approximate surface area is 164 Å². The number of pyridine rings is 1. The van der Waals surface area contributed by atoms with Crippen LogP contribution in [0.2, 0.25) is 0 Å². The number of carbonyl (C=O) groups excluding carboxylic acids is 1. The molecule has 1 saturated carbocycles. The van der Waals surface area contributed by atoms with Gasteiger partial charge in [0, 0.05) is 25.0 Å². The summed E-state index contributed by atoms with van der Waals surface area (Å²) in [5, 5.41) is 6.73. The molecule has 1 aliphatic carbocycles. The van der Waals surface area contributed by atoms with E-state index in [0.29, 0.717) is 6.54 Å². The first-order valence-corrected chi connectivity index (χ1v) is 9.24. The summed E-state index contributed by atoms with van der Waals surface area (Å²) in [5.74, 6) is -0.442. The van der Waals surface area contributed by atoms with Gasteiger partial charge in [0.1, 0.15) is 0 Å². The predicted octanol–water partition coefficient (Wildman–Crippen LogP) is 4.82. The number of fused-ring (bicyclic) bond motifs is 1. The van der Waals surface area contributed by atoms with Gasteiger partial charge in [-0.2, -0.15) is 5.10 Å². The number of halogens is 3. The van der Waals surface area contributed by atoms with Crippen LogP contribution >= 0.6 is 0 Å². The monoisotopic (exact) mass is 404 g/mol. The highest BCUT2D eigenvalue weighted by atomic mass is 19.4. The minimum atomic E-state index is -4.84. The molecule has 6 nitrogen and oxygen atoms in total. The number of rotatable bonds is 5. The Kier molecular flexibility index (Phi) is 5.04. The summed E-state index contributed by atoms with van der Waals surface area (Å²) in [6.07, 6.45) is 1.41. The molecule has 0 saturated heterocycles. The standard InChI is InChI=1S/C20H19F3N4O2/c21-20(22,23)29-18-7-2-1-6-17(18)25-19(28)26(15-4-3-5-15)13-14-9-11-27-16(12-14)8-10-24-27/h1-2,6-12,15H,3-5,13H2,(H,25,28). The van der Waals surface area contributed by atoms with E-state index in [9.17, 15) is 18.0 Å². The van der Waals surface area contributed by atoms with Crippen LogP contribution in [0.4, 0.5) is 23.7 Å². The van der Waals surface area contributed by atoms with E-state index >= 15 is 0 Å². The SMILES string of the molecule is O=C(Nc1ccccc1OC(F)(F)F)N(Cc1ccn2nccc2c1)C1CCC1. The molecule has 0 radical (unpaired) electrons. The van der Waals surface area contributed by atoms with Gasteiger partial charge in [-0.25, -0.2) is 9.31 Å². The zero-order valence-corrected chi connectivity index (χ0v) is 15.4. The Morgan fingerprint density at radius 1 is 1.24 bits per heavy atom. The quantitative estimate of drug-likeness (QED) is 0.663. The molecule has 3 aromatic rings. The van der Waals surface area contributed by atoms with E-state index in [1.807, 2.05) is 24.4 Å². The molecule has 4 rings (SSSR count). The van der Waals surface area contributed by atoms with Crippen LogP contribution in [0.1, 0.15) is 24.8 Å². The Morgan fingerprint density at radius 3 is 2.76 bits per heavy atom. The second kappa shape index (κ2) is 7.65. The maximum atomic E-state index is 12.9. The van der Waals surface area contributed by atoms with E-state index in [1.54, 1.807) is 21.7 Å². The summed E-state index contributed by atoms with van der Waals surface area (Å²) >= 11 is 0. The summed E-state index contributed by atoms with van der Waals surface area (Å²) in [6.45, 7) is 0.348. The third-order valence-corrected chi connectivity index (χ3v) is 4.95. The van der Waals surface area contributed by atoms with Gasteiger partial charge < -0.3 is 15.0 Å². The van der Waals surface area contributed by atoms with Gasteiger partial charge in [0.2, 0.25) is 0 Å². The van der Waals surface area contributed by atoms with Crippen molar-refractivity contribution < 1.29 is 22.7 Å². The van der Waals surface area contributed by atoms with Crippen LogP contribution in [0.5, 0.6) is 5.75 Å². The number of hydrogen-bond donors (Lipinski definition) is 1. The van der Waals surface area contributed by atoms with Gasteiger partial charge in [0.05, 0.1) is 11.2 Å². The molecule has 2 heterocycles. The van der Waals surface area contributed by atoms with Crippen molar-refractivity contribution in [3.05, 3.63) is 60.4 Å². The zero-order chi connectivity index (χ0) is 20.4. The van der Waals surface area contributed by atoms with Crippen LogP contribution in [0.3, 0.4) is 0 Å². The number of carbonyl (C=O) groups is 1. The fourth-order valence-electron chi connectivity index (χ4n) is 3.30. The van der Waals surface area contributed by atoms with Crippen LogP contribution in [0.25, 0.3) is 5.52 Å². The molecule has 152 valence electrons. The number of aromatic nitrogens is 2. The highest BCUT2D eigenvalue weighted by molar-refractivity contribution is 5.91. The second-order valence-electron chi connectivity index (χ2n) is 6.92. The molecule has 1 N–H and O–H groups in total. The minimum Gasteiger partial charge on any atom is -0.404 e. The third kappa shape index (κ3) is 4.44. The first kappa shape index (κ1) is 19.1. The lowest BCUT2D eigenvalue weighted by atomic mass is 9.91. The molecular formula is C20H19F3N4O2. The van der Waals surface area contributed by atoms with Crippen molar-refractivity contribution >= 4 is 17.2 Å². The Balaban J connectivity index is 1.54. The number of urea groups is 1. The first-order chi connectivity index (χ1) is 13.9. The highest BCUT2D eigenvalue weighted by Crippen LogP contribution is 2.32. The number of benzene rings is 1. The number of ether oxygens (including phenoxy) is 1. The topological polar surface area (TPSA) is 58.9 Å². The molecule has 1 aromatic carbocycles. The number of nitrogens with one attached hydrogen (secondary N) is 1. The smallest absolute Gasteiger partial charge is 0.404 e. The predicted molar refractivity (Wildman–Crippen MR) is 101 cm³/mol. The molecule has 0 aliphatic heterocycles. The number of para-hydroxylation sites is 2. The van der Waals surface area contributed by atoms with E-state index in [0.717, 1.165) is 30.3 Å². The van der Waals surface area contributed by atoms with Gasteiger partial charge in [0.15, 0.2) is 5.75 Å². The summed E-state index contributed by atoms with van der Waals surface area (Å²) in [7, 11) is 0. The van der Waals surface area contributed by atoms with Gasteiger partial charge in [-0.1, -0.05) is 12.1 Å². The molecule has 29 heavy (non-hydrogen) atoms. The molecule has 0 spiro atoms. The number of alkyl halides is 3. The van der Waals surface area contributed by atoms with Gasteiger partial charge in [-0.15, -0.1) is 13.2 Å². The van der Waals surface area contributed by atoms with E-state index in [1.165, 1.54) is 18.2 Å². The average Bonchev–Trinajstić information content (AvgIpc) is 3.08. The number of hydrogen-bond acceptors (Lipinski definition) is 3. The van der Waals surface area contributed by atoms with Crippen molar-refractivity contribution in [2.24, 2.45) is 0 Å². The molecule has 9 heteroatoms. The van der Waals surface area contributed by atoms with Crippen LogP contribution in [0.15, 0.2) is 54.9 Å². The molecule has 2 aromatic heterocycles. The molecule has 2 amide bonds. The molecule has 1 aliphatic rings. The molecular weight excluding hydrogens is 385 g/mol. The van der Waals surface area contributed by atoms with Crippen molar-refractivity contribution in [2.45, 2.75) is 38.2 Å². The lowest BCUT2D eigenvalue weighted by Crippen LogP contribution is -2.45. The summed E-state index contributed by atoms with van der Waals surface area (Å²) in [6, 6.07) is 10.8. The summed E-state index contributed by atoms with van der Waals surface area (Å²) < 4.78 is 43.7. The Morgan fingerprint density at radius 2 is 2.03 bits per heavy atom. The van der Waals surface area contributed by atoms with Crippen molar-refractivity contribution in [2.75, 3.05) is 5.32 Å². The van der Waals surface area contributed by atoms with Crippen molar-refractivity contribution in [3.63, 3.8) is 0 Å². The van der Waals surface area contributed by atoms with Crippen molar-refractivity contribution in [3.8, 4) is 5.75 Å². The second-order valence-corrected chi connectivity index (χ2v) is 6.92. The van der Waals surface area contributed by atoms with Gasteiger partial charge >= 0.3 is 12.4 Å². The Bertz CT molecular complexity index is 1010. The first-order valence-electron chi connectivity index (χ1n) is 9.24. The molecule has 0 bridgehead atoms. The number of amides is 2. The lowest BCUT2D eigenvalue weighted by Gasteiger charge is -2.37. The van der Waals surface area contributed by atoms with Crippen LogP contribution in [-0.2, 0) is 6.54 Å². The molecule has 0 atom stereocenters. The van der Waals surface area contributed by atoms with Crippen LogP contribution < -0.4 is 10.1 Å². The van der Waals surface area contributed by atoms with Gasteiger partial charge in [-0.3, -0.25) is 0 Å². The van der Waals surface area contributed by atoms with Crippen LogP contribution in [0, 0.1) is 0 Å². The van der Waals surface area contributed by atoms with E-state index in [2.05, 4.69) is 15.2 Å². The van der Waals surface area contributed by atoms with E-state index in [4.69, 9.17) is 0 Å². The normalized spacial score (nSPS) is 14.4. The number of nitrogens with zero attached hydrogens (tertiary/aromatic N) is 3. The van der Waals surface area contributed by atoms with Gasteiger partial charge in [-0.05, 0) is 55.2 Å². The van der Waals surface area contributed by atoms with E-state index in [-0.39, 0.29) is 11.7 Å². The Hall–Kier alpha value is -3.23. The summed E-state index contributed by atoms with van der Waals surface area (Å²) in [5.41, 5.74) is 1.80. The average molecular weight is 404 g/mol. The van der Waals surface area contributed by atoms with Crippen molar-refractivity contribution in [1.82, 2.24) is 14.5 Å². The van der Waals surface area contributed by atoms with E-state index < -0.39 is 18.1 Å². The minimum absolute atomic E-state index is 0.0228. The number of anilines is 1. The van der Waals surface area contributed by atoms with Gasteiger partial charge in [0.25, 0.3) is 0 Å². The maximum absolute atomic E-state index is 12.9. The molecule has 1 fully saturated rings. The highest BCUT2D eigenvalue weighted by Gasteiger charge is 2.33. The zero-order valence-electron chi connectivity index (χ0n) is 15.4. The fourth-order valence-corrected chi connectivity index (χ4v) is 3.30. The largest absolute Gasteiger partial charge is 0.573 e. The van der Waals surface area contributed by atoms with Crippen molar-refractivity contribution in [1.29, 1.82) is 0 Å². The lowest BCUT2D eigenvalue weighted by molar-refractivity contribution is -0.274. The third-order valence-electron chi connectivity index (χ3n) is 4.95. The summed E-state index contributed by atoms with van der Waals surface area (Å²) in [4.78, 5) is 14.6. The fraction of sp³-hybridized carbons (Fsp3) is 0.300. The maximum Gasteiger partial charge on any atom is 0.573 e. The van der Waals surface area contributed by atoms with Crippen LogP contribution in [-0.4, -0.2) is 32.9 Å². The molecule has 0 unspecified atom stereocenters.